The third-order valence-electron chi connectivity index (χ3n) is 3.70. The Labute approximate surface area is 114 Å². The van der Waals surface area contributed by atoms with E-state index < -0.39 is 0 Å². The molecule has 0 aliphatic carbocycles. The van der Waals surface area contributed by atoms with Gasteiger partial charge in [0, 0.05) is 24.5 Å². The molecule has 2 nitrogen and oxygen atoms in total. The Morgan fingerprint density at radius 1 is 1.44 bits per heavy atom. The highest BCUT2D eigenvalue weighted by molar-refractivity contribution is 6.17. The first-order chi connectivity index (χ1) is 8.61. The molecular formula is C15H20ClNO. The molecule has 0 aromatic heterocycles. The van der Waals surface area contributed by atoms with E-state index in [0.717, 1.165) is 37.1 Å². The molecule has 0 N–H and O–H groups in total. The summed E-state index contributed by atoms with van der Waals surface area (Å²) in [7, 11) is 0. The molecule has 3 heteroatoms. The lowest BCUT2D eigenvalue weighted by molar-refractivity contribution is 0.0786. The van der Waals surface area contributed by atoms with Crippen molar-refractivity contribution in [2.75, 3.05) is 19.0 Å². The number of benzene rings is 1. The third kappa shape index (κ3) is 2.86. The van der Waals surface area contributed by atoms with Crippen LogP contribution in [0.4, 0.5) is 0 Å². The normalized spacial score (nSPS) is 19.3. The minimum atomic E-state index is 0.171. The molecule has 1 heterocycles. The van der Waals surface area contributed by atoms with E-state index in [9.17, 15) is 4.79 Å². The van der Waals surface area contributed by atoms with Crippen molar-refractivity contribution >= 4 is 17.5 Å². The van der Waals surface area contributed by atoms with E-state index in [1.54, 1.807) is 0 Å². The Balaban J connectivity index is 2.08. The van der Waals surface area contributed by atoms with E-state index in [1.165, 1.54) is 5.56 Å². The highest BCUT2D eigenvalue weighted by atomic mass is 35.5. The predicted octanol–water partition coefficient (Wildman–Crippen LogP) is 3.39. The monoisotopic (exact) mass is 265 g/mol. The van der Waals surface area contributed by atoms with Crippen molar-refractivity contribution in [1.82, 2.24) is 4.90 Å². The summed E-state index contributed by atoms with van der Waals surface area (Å²) in [4.78, 5) is 14.4. The van der Waals surface area contributed by atoms with Crippen molar-refractivity contribution in [1.29, 1.82) is 0 Å². The molecule has 0 spiro atoms. The number of amides is 1. The van der Waals surface area contributed by atoms with Crippen molar-refractivity contribution in [2.24, 2.45) is 5.92 Å². The van der Waals surface area contributed by atoms with Crippen molar-refractivity contribution in [3.05, 3.63) is 34.9 Å². The summed E-state index contributed by atoms with van der Waals surface area (Å²) in [6, 6.07) is 6.02. The topological polar surface area (TPSA) is 20.3 Å². The van der Waals surface area contributed by atoms with Gasteiger partial charge >= 0.3 is 0 Å². The lowest BCUT2D eigenvalue weighted by atomic mass is 10.0. The lowest BCUT2D eigenvalue weighted by Crippen LogP contribution is -2.29. The summed E-state index contributed by atoms with van der Waals surface area (Å²) in [6.45, 7) is 5.78. The Kier molecular flexibility index (Phi) is 4.28. The number of aryl methyl sites for hydroxylation is 2. The molecule has 1 unspecified atom stereocenters. The molecule has 98 valence electrons. The summed E-state index contributed by atoms with van der Waals surface area (Å²) in [6.07, 6.45) is 2.10. The molecule has 18 heavy (non-hydrogen) atoms. The zero-order chi connectivity index (χ0) is 13.1. The van der Waals surface area contributed by atoms with Crippen molar-refractivity contribution in [3.63, 3.8) is 0 Å². The maximum absolute atomic E-state index is 12.4. The van der Waals surface area contributed by atoms with Crippen molar-refractivity contribution in [3.8, 4) is 0 Å². The van der Waals surface area contributed by atoms with Gasteiger partial charge in [-0.05, 0) is 44.2 Å². The van der Waals surface area contributed by atoms with Gasteiger partial charge < -0.3 is 4.90 Å². The van der Waals surface area contributed by atoms with Crippen LogP contribution in [-0.2, 0) is 0 Å². The van der Waals surface area contributed by atoms with Crippen LogP contribution in [0.25, 0.3) is 0 Å². The number of hydrogen-bond acceptors (Lipinski definition) is 1. The van der Waals surface area contributed by atoms with Crippen LogP contribution in [0.2, 0.25) is 0 Å². The molecule has 1 aliphatic rings. The lowest BCUT2D eigenvalue weighted by Gasteiger charge is -2.18. The number of hydrogen-bond donors (Lipinski definition) is 0. The van der Waals surface area contributed by atoms with Gasteiger partial charge in [-0.15, -0.1) is 11.6 Å². The molecule has 1 aliphatic heterocycles. The molecule has 0 bridgehead atoms. The Hall–Kier alpha value is -1.02. The maximum atomic E-state index is 12.4. The quantitative estimate of drug-likeness (QED) is 0.767. The second kappa shape index (κ2) is 5.75. The summed E-state index contributed by atoms with van der Waals surface area (Å²) < 4.78 is 0. The number of rotatable bonds is 3. The zero-order valence-corrected chi connectivity index (χ0v) is 11.8. The van der Waals surface area contributed by atoms with Crippen LogP contribution >= 0.6 is 11.6 Å². The number of carbonyl (C=O) groups is 1. The zero-order valence-electron chi connectivity index (χ0n) is 11.1. The maximum Gasteiger partial charge on any atom is 0.254 e. The molecule has 1 amide bonds. The van der Waals surface area contributed by atoms with Crippen LogP contribution in [0.3, 0.4) is 0 Å². The highest BCUT2D eigenvalue weighted by Crippen LogP contribution is 2.23. The van der Waals surface area contributed by atoms with Gasteiger partial charge in [-0.25, -0.2) is 0 Å². The van der Waals surface area contributed by atoms with Crippen LogP contribution in [-0.4, -0.2) is 29.8 Å². The van der Waals surface area contributed by atoms with Gasteiger partial charge in [0.1, 0.15) is 0 Å². The third-order valence-corrected chi connectivity index (χ3v) is 3.92. The fourth-order valence-corrected chi connectivity index (χ4v) is 2.94. The Morgan fingerprint density at radius 2 is 2.22 bits per heavy atom. The highest BCUT2D eigenvalue weighted by Gasteiger charge is 2.27. The summed E-state index contributed by atoms with van der Waals surface area (Å²) >= 11 is 5.77. The number of halogens is 1. The SMILES string of the molecule is Cc1ccc(C(=O)N2CCC(CCCl)C2)c(C)c1. The molecule has 1 aromatic rings. The van der Waals surface area contributed by atoms with Gasteiger partial charge in [0.25, 0.3) is 5.91 Å². The van der Waals surface area contributed by atoms with Gasteiger partial charge in [-0.3, -0.25) is 4.79 Å². The fourth-order valence-electron chi connectivity index (χ4n) is 2.63. The average Bonchev–Trinajstić information content (AvgIpc) is 2.77. The first kappa shape index (κ1) is 13.4. The molecule has 1 fully saturated rings. The minimum Gasteiger partial charge on any atom is -0.338 e. The van der Waals surface area contributed by atoms with Crippen molar-refractivity contribution < 1.29 is 4.79 Å². The van der Waals surface area contributed by atoms with Gasteiger partial charge in [-0.1, -0.05) is 17.7 Å². The second-order valence-corrected chi connectivity index (χ2v) is 5.58. The van der Waals surface area contributed by atoms with E-state index in [-0.39, 0.29) is 5.91 Å². The molecule has 2 rings (SSSR count). The second-order valence-electron chi connectivity index (χ2n) is 5.20. The molecule has 1 aromatic carbocycles. The van der Waals surface area contributed by atoms with Crippen LogP contribution in [0, 0.1) is 19.8 Å². The van der Waals surface area contributed by atoms with Crippen LogP contribution in [0.1, 0.15) is 34.3 Å². The summed E-state index contributed by atoms with van der Waals surface area (Å²) in [5, 5.41) is 0. The summed E-state index contributed by atoms with van der Waals surface area (Å²) in [5.74, 6) is 1.44. The number of likely N-dealkylation sites (tertiary alicyclic amines) is 1. The predicted molar refractivity (Wildman–Crippen MR) is 75.3 cm³/mol. The Morgan fingerprint density at radius 3 is 2.89 bits per heavy atom. The smallest absolute Gasteiger partial charge is 0.254 e. The molecule has 1 atom stereocenters. The molecular weight excluding hydrogens is 246 g/mol. The number of nitrogens with zero attached hydrogens (tertiary/aromatic N) is 1. The average molecular weight is 266 g/mol. The van der Waals surface area contributed by atoms with Crippen molar-refractivity contribution in [2.45, 2.75) is 26.7 Å². The van der Waals surface area contributed by atoms with Crippen LogP contribution in [0.15, 0.2) is 18.2 Å². The van der Waals surface area contributed by atoms with Gasteiger partial charge in [0.05, 0.1) is 0 Å². The van der Waals surface area contributed by atoms with Crippen LogP contribution in [0.5, 0.6) is 0 Å². The fraction of sp³-hybridized carbons (Fsp3) is 0.533. The summed E-state index contributed by atoms with van der Waals surface area (Å²) in [5.41, 5.74) is 3.11. The molecule has 1 saturated heterocycles. The Bertz CT molecular complexity index is 444. The van der Waals surface area contributed by atoms with Gasteiger partial charge in [0.2, 0.25) is 0 Å². The standard InChI is InChI=1S/C15H20ClNO/c1-11-3-4-14(12(2)9-11)15(18)17-8-6-13(10-17)5-7-16/h3-4,9,13H,5-8,10H2,1-2H3. The molecule has 0 radical (unpaired) electrons. The van der Waals surface area contributed by atoms with E-state index in [4.69, 9.17) is 11.6 Å². The van der Waals surface area contributed by atoms with Gasteiger partial charge in [0.15, 0.2) is 0 Å². The molecule has 0 saturated carbocycles. The first-order valence-corrected chi connectivity index (χ1v) is 7.07. The number of carbonyl (C=O) groups excluding carboxylic acids is 1. The van der Waals surface area contributed by atoms with E-state index in [0.29, 0.717) is 11.8 Å². The van der Waals surface area contributed by atoms with E-state index in [1.807, 2.05) is 30.9 Å². The largest absolute Gasteiger partial charge is 0.338 e. The minimum absolute atomic E-state index is 0.171. The first-order valence-electron chi connectivity index (χ1n) is 6.54. The van der Waals surface area contributed by atoms with E-state index in [2.05, 4.69) is 6.07 Å². The van der Waals surface area contributed by atoms with Crippen LogP contribution < -0.4 is 0 Å². The van der Waals surface area contributed by atoms with E-state index >= 15 is 0 Å². The van der Waals surface area contributed by atoms with Gasteiger partial charge in [-0.2, -0.15) is 0 Å². The number of alkyl halides is 1.